The van der Waals surface area contributed by atoms with Crippen LogP contribution in [0.3, 0.4) is 0 Å². The average molecular weight is 201 g/mol. The first kappa shape index (κ1) is 10.1. The topological polar surface area (TPSA) is 36.1 Å². The molecule has 0 aliphatic heterocycles. The fraction of sp³-hybridized carbons (Fsp3) is 0.444. The number of rotatable bonds is 4. The number of nitrogens with one attached hydrogen (secondary N) is 1. The van der Waals surface area contributed by atoms with Gasteiger partial charge in [-0.25, -0.2) is 0 Å². The normalized spacial score (nSPS) is 10.0. The van der Waals surface area contributed by atoms with E-state index in [1.165, 1.54) is 0 Å². The molecule has 0 atom stereocenters. The van der Waals surface area contributed by atoms with Gasteiger partial charge < -0.3 is 9.88 Å². The van der Waals surface area contributed by atoms with Gasteiger partial charge >= 0.3 is 0 Å². The second-order valence-electron chi connectivity index (χ2n) is 2.89. The number of likely N-dealkylation sites (N-methyl/N-ethyl adjacent to an activating group) is 1. The van der Waals surface area contributed by atoms with Gasteiger partial charge in [-0.15, -0.1) is 11.6 Å². The number of aromatic nitrogens is 1. The van der Waals surface area contributed by atoms with E-state index in [-0.39, 0.29) is 11.8 Å². The zero-order valence-corrected chi connectivity index (χ0v) is 8.34. The first-order valence-corrected chi connectivity index (χ1v) is 4.69. The Morgan fingerprint density at radius 3 is 3.00 bits per heavy atom. The maximum absolute atomic E-state index is 11.1. The van der Waals surface area contributed by atoms with Crippen LogP contribution in [-0.2, 0) is 11.2 Å². The van der Waals surface area contributed by atoms with Gasteiger partial charge in [-0.2, -0.15) is 0 Å². The summed E-state index contributed by atoms with van der Waals surface area (Å²) >= 11 is 5.41. The van der Waals surface area contributed by atoms with Crippen molar-refractivity contribution in [2.75, 3.05) is 19.5 Å². The molecule has 0 saturated heterocycles. The first-order chi connectivity index (χ1) is 6.24. The van der Waals surface area contributed by atoms with E-state index in [1.807, 2.05) is 18.3 Å². The highest BCUT2D eigenvalue weighted by Gasteiger charge is 2.06. The lowest BCUT2D eigenvalue weighted by Gasteiger charge is -2.14. The molecule has 1 N–H and O–H groups in total. The number of carbonyl (C=O) groups excluding carboxylic acids is 1. The molecule has 1 heterocycles. The molecule has 0 aliphatic carbocycles. The van der Waals surface area contributed by atoms with E-state index in [2.05, 4.69) is 4.98 Å². The minimum Gasteiger partial charge on any atom is -0.365 e. The van der Waals surface area contributed by atoms with E-state index in [4.69, 9.17) is 11.6 Å². The molecule has 0 bridgehead atoms. The number of aromatic amines is 1. The molecule has 0 aromatic carbocycles. The van der Waals surface area contributed by atoms with Crippen LogP contribution in [0.15, 0.2) is 18.3 Å². The van der Waals surface area contributed by atoms with Crippen molar-refractivity contribution in [3.8, 4) is 0 Å². The quantitative estimate of drug-likeness (QED) is 0.730. The molecule has 0 spiro atoms. The summed E-state index contributed by atoms with van der Waals surface area (Å²) in [4.78, 5) is 15.8. The second kappa shape index (κ2) is 4.92. The lowest BCUT2D eigenvalue weighted by molar-refractivity contribution is -0.127. The summed E-state index contributed by atoms with van der Waals surface area (Å²) in [6, 6.07) is 3.94. The Bertz CT molecular complexity index is 259. The molecular weight excluding hydrogens is 188 g/mol. The van der Waals surface area contributed by atoms with Crippen LogP contribution in [-0.4, -0.2) is 35.3 Å². The molecule has 4 heteroatoms. The molecule has 0 aliphatic rings. The summed E-state index contributed by atoms with van der Waals surface area (Å²) in [7, 11) is 1.76. The molecule has 0 saturated carbocycles. The third-order valence-electron chi connectivity index (χ3n) is 1.92. The zero-order valence-electron chi connectivity index (χ0n) is 7.59. The molecule has 1 amide bonds. The van der Waals surface area contributed by atoms with Crippen LogP contribution in [0.5, 0.6) is 0 Å². The molecule has 0 fully saturated rings. The Kier molecular flexibility index (Phi) is 3.83. The van der Waals surface area contributed by atoms with Crippen LogP contribution >= 0.6 is 11.6 Å². The smallest absolute Gasteiger partial charge is 0.237 e. The van der Waals surface area contributed by atoms with Crippen molar-refractivity contribution in [1.82, 2.24) is 9.88 Å². The predicted molar refractivity (Wildman–Crippen MR) is 52.9 cm³/mol. The van der Waals surface area contributed by atoms with Crippen LogP contribution < -0.4 is 0 Å². The molecule has 1 rings (SSSR count). The lowest BCUT2D eigenvalue weighted by atomic mass is 10.3. The third kappa shape index (κ3) is 3.11. The van der Waals surface area contributed by atoms with Crippen LogP contribution in [0, 0.1) is 0 Å². The van der Waals surface area contributed by atoms with Crippen molar-refractivity contribution >= 4 is 17.5 Å². The van der Waals surface area contributed by atoms with Crippen molar-refractivity contribution in [3.05, 3.63) is 24.0 Å². The lowest BCUT2D eigenvalue weighted by Crippen LogP contribution is -2.29. The van der Waals surface area contributed by atoms with Crippen LogP contribution in [0.25, 0.3) is 0 Å². The molecule has 1 aromatic heterocycles. The fourth-order valence-electron chi connectivity index (χ4n) is 1.04. The number of carbonyl (C=O) groups is 1. The summed E-state index contributed by atoms with van der Waals surface area (Å²) in [5, 5.41) is 0. The standard InChI is InChI=1S/C9H13ClN2O/c1-12(9(13)7-10)6-4-8-3-2-5-11-8/h2-3,5,11H,4,6-7H2,1H3. The monoisotopic (exact) mass is 200 g/mol. The third-order valence-corrected chi connectivity index (χ3v) is 2.15. The highest BCUT2D eigenvalue weighted by atomic mass is 35.5. The van der Waals surface area contributed by atoms with Gasteiger partial charge in [-0.1, -0.05) is 0 Å². The Labute approximate surface area is 82.7 Å². The van der Waals surface area contributed by atoms with Crippen molar-refractivity contribution in [2.45, 2.75) is 6.42 Å². The van der Waals surface area contributed by atoms with Gasteiger partial charge in [0.1, 0.15) is 5.88 Å². The van der Waals surface area contributed by atoms with E-state index in [0.717, 1.165) is 12.1 Å². The average Bonchev–Trinajstić information content (AvgIpc) is 2.65. The van der Waals surface area contributed by atoms with Crippen molar-refractivity contribution < 1.29 is 4.79 Å². The Balaban J connectivity index is 2.30. The van der Waals surface area contributed by atoms with Gasteiger partial charge in [0.05, 0.1) is 0 Å². The number of halogens is 1. The van der Waals surface area contributed by atoms with Gasteiger partial charge in [-0.3, -0.25) is 4.79 Å². The molecule has 0 radical (unpaired) electrons. The molecule has 1 aromatic rings. The molecule has 13 heavy (non-hydrogen) atoms. The van der Waals surface area contributed by atoms with E-state index in [1.54, 1.807) is 11.9 Å². The van der Waals surface area contributed by atoms with Crippen molar-refractivity contribution in [2.24, 2.45) is 0 Å². The van der Waals surface area contributed by atoms with E-state index in [9.17, 15) is 4.79 Å². The number of amides is 1. The van der Waals surface area contributed by atoms with Gasteiger partial charge in [0.15, 0.2) is 0 Å². The first-order valence-electron chi connectivity index (χ1n) is 4.16. The van der Waals surface area contributed by atoms with Gasteiger partial charge in [0.2, 0.25) is 5.91 Å². The fourth-order valence-corrected chi connectivity index (χ4v) is 1.24. The van der Waals surface area contributed by atoms with Gasteiger partial charge in [0, 0.05) is 31.9 Å². The maximum atomic E-state index is 11.1. The predicted octanol–water partition coefficient (Wildman–Crippen LogP) is 1.25. The summed E-state index contributed by atoms with van der Waals surface area (Å²) < 4.78 is 0. The minimum atomic E-state index is -0.0341. The number of hydrogen-bond acceptors (Lipinski definition) is 1. The van der Waals surface area contributed by atoms with Crippen molar-refractivity contribution in [3.63, 3.8) is 0 Å². The molecule has 72 valence electrons. The Hall–Kier alpha value is -0.960. The van der Waals surface area contributed by atoms with Gasteiger partial charge in [-0.05, 0) is 12.1 Å². The Morgan fingerprint density at radius 1 is 1.69 bits per heavy atom. The largest absolute Gasteiger partial charge is 0.365 e. The molecule has 0 unspecified atom stereocenters. The number of alkyl halides is 1. The highest BCUT2D eigenvalue weighted by molar-refractivity contribution is 6.27. The second-order valence-corrected chi connectivity index (χ2v) is 3.16. The number of nitrogens with zero attached hydrogens (tertiary/aromatic N) is 1. The van der Waals surface area contributed by atoms with E-state index >= 15 is 0 Å². The Morgan fingerprint density at radius 2 is 2.46 bits per heavy atom. The number of hydrogen-bond donors (Lipinski definition) is 1. The van der Waals surface area contributed by atoms with Gasteiger partial charge in [0.25, 0.3) is 0 Å². The molecular formula is C9H13ClN2O. The highest BCUT2D eigenvalue weighted by Crippen LogP contribution is 1.97. The summed E-state index contributed by atoms with van der Waals surface area (Å²) in [5.41, 5.74) is 1.13. The zero-order chi connectivity index (χ0) is 9.68. The van der Waals surface area contributed by atoms with Crippen molar-refractivity contribution in [1.29, 1.82) is 0 Å². The summed E-state index contributed by atoms with van der Waals surface area (Å²) in [5.74, 6) is 0.0227. The van der Waals surface area contributed by atoms with E-state index < -0.39 is 0 Å². The maximum Gasteiger partial charge on any atom is 0.237 e. The van der Waals surface area contributed by atoms with Crippen LogP contribution in [0.2, 0.25) is 0 Å². The summed E-state index contributed by atoms with van der Waals surface area (Å²) in [6.45, 7) is 0.700. The number of H-pyrrole nitrogens is 1. The SMILES string of the molecule is CN(CCc1ccc[nH]1)C(=O)CCl. The van der Waals surface area contributed by atoms with Crippen LogP contribution in [0.4, 0.5) is 0 Å². The minimum absolute atomic E-state index is 0.0341. The molecule has 3 nitrogen and oxygen atoms in total. The van der Waals surface area contributed by atoms with Crippen LogP contribution in [0.1, 0.15) is 5.69 Å². The van der Waals surface area contributed by atoms with E-state index in [0.29, 0.717) is 6.54 Å². The summed E-state index contributed by atoms with van der Waals surface area (Å²) in [6.07, 6.45) is 2.71.